The quantitative estimate of drug-likeness (QED) is 0.438. The Bertz CT molecular complexity index is 1540. The molecule has 1 aliphatic rings. The summed E-state index contributed by atoms with van der Waals surface area (Å²) < 4.78 is 28.7. The minimum absolute atomic E-state index is 0.0355. The van der Waals surface area contributed by atoms with E-state index in [2.05, 4.69) is 6.92 Å². The highest BCUT2D eigenvalue weighted by molar-refractivity contribution is 5.78. The van der Waals surface area contributed by atoms with Crippen molar-refractivity contribution in [1.82, 2.24) is 18.7 Å². The van der Waals surface area contributed by atoms with Crippen LogP contribution < -0.4 is 25.6 Å². The fourth-order valence-electron chi connectivity index (χ4n) is 4.63. The lowest BCUT2D eigenvalue weighted by atomic mass is 10.1. The number of hydrogen-bond donors (Lipinski definition) is 0. The van der Waals surface area contributed by atoms with Gasteiger partial charge in [0.15, 0.2) is 11.2 Å². The van der Waals surface area contributed by atoms with Crippen LogP contribution in [0.15, 0.2) is 52.1 Å². The SMILES string of the molecule is COc1ccc(N2C[C@H](C)Cn3c2nc2c3c(=O)n(Cc3ccc(F)cc3)c(=O)n2C)c(OC)c1. The van der Waals surface area contributed by atoms with Crippen LogP contribution >= 0.6 is 0 Å². The highest BCUT2D eigenvalue weighted by Crippen LogP contribution is 2.39. The van der Waals surface area contributed by atoms with E-state index in [1.807, 2.05) is 21.6 Å². The average Bonchev–Trinajstić information content (AvgIpc) is 3.25. The van der Waals surface area contributed by atoms with Crippen LogP contribution in [0.1, 0.15) is 12.5 Å². The van der Waals surface area contributed by atoms with Gasteiger partial charge in [-0.1, -0.05) is 19.1 Å². The summed E-state index contributed by atoms with van der Waals surface area (Å²) >= 11 is 0. The summed E-state index contributed by atoms with van der Waals surface area (Å²) in [6.07, 6.45) is 0. The Hall–Kier alpha value is -4.08. The summed E-state index contributed by atoms with van der Waals surface area (Å²) in [5.74, 6) is 1.65. The van der Waals surface area contributed by atoms with Crippen molar-refractivity contribution < 1.29 is 13.9 Å². The van der Waals surface area contributed by atoms with E-state index in [1.165, 1.54) is 21.3 Å². The zero-order valence-corrected chi connectivity index (χ0v) is 20.0. The third-order valence-electron chi connectivity index (χ3n) is 6.37. The number of benzene rings is 2. The molecule has 3 heterocycles. The predicted molar refractivity (Wildman–Crippen MR) is 130 cm³/mol. The normalized spacial score (nSPS) is 15.3. The van der Waals surface area contributed by atoms with Gasteiger partial charge in [-0.15, -0.1) is 0 Å². The number of imidazole rings is 1. The highest BCUT2D eigenvalue weighted by atomic mass is 19.1. The molecule has 0 radical (unpaired) electrons. The second-order valence-electron chi connectivity index (χ2n) is 8.81. The van der Waals surface area contributed by atoms with Crippen LogP contribution in [0, 0.1) is 11.7 Å². The van der Waals surface area contributed by atoms with Gasteiger partial charge in [-0.05, 0) is 35.7 Å². The molecule has 10 heteroatoms. The van der Waals surface area contributed by atoms with E-state index < -0.39 is 11.2 Å². The molecule has 0 bridgehead atoms. The molecule has 0 N–H and O–H groups in total. The van der Waals surface area contributed by atoms with Crippen molar-refractivity contribution in [3.05, 3.63) is 74.7 Å². The van der Waals surface area contributed by atoms with Crippen molar-refractivity contribution in [1.29, 1.82) is 0 Å². The lowest BCUT2D eigenvalue weighted by Crippen LogP contribution is -2.40. The minimum atomic E-state index is -0.483. The molecule has 0 amide bonds. The van der Waals surface area contributed by atoms with Crippen LogP contribution in [0.25, 0.3) is 11.2 Å². The summed E-state index contributed by atoms with van der Waals surface area (Å²) in [5.41, 5.74) is 1.20. The van der Waals surface area contributed by atoms with Gasteiger partial charge in [-0.2, -0.15) is 4.98 Å². The van der Waals surface area contributed by atoms with E-state index in [1.54, 1.807) is 39.5 Å². The summed E-state index contributed by atoms with van der Waals surface area (Å²) in [4.78, 5) is 33.5. The van der Waals surface area contributed by atoms with E-state index in [4.69, 9.17) is 14.5 Å². The summed E-state index contributed by atoms with van der Waals surface area (Å²) in [6.45, 7) is 3.36. The number of nitrogens with zero attached hydrogens (tertiary/aromatic N) is 5. The van der Waals surface area contributed by atoms with Gasteiger partial charge in [0.1, 0.15) is 17.3 Å². The maximum absolute atomic E-state index is 13.6. The second-order valence-corrected chi connectivity index (χ2v) is 8.81. The fraction of sp³-hybridized carbons (Fsp3) is 0.320. The minimum Gasteiger partial charge on any atom is -0.497 e. The molecule has 0 unspecified atom stereocenters. The standard InChI is InChI=1S/C25H26FN5O4/c1-15-12-29(19-10-9-18(34-3)11-20(19)35-4)24-27-22-21(30(24)13-15)23(32)31(25(33)28(22)2)14-16-5-7-17(26)8-6-16/h5-11,15H,12-14H2,1-4H3/t15-/m0/s1. The first-order valence-corrected chi connectivity index (χ1v) is 11.3. The average molecular weight is 480 g/mol. The molecule has 0 saturated heterocycles. The van der Waals surface area contributed by atoms with Crippen LogP contribution in [0.3, 0.4) is 0 Å². The van der Waals surface area contributed by atoms with E-state index in [9.17, 15) is 14.0 Å². The zero-order valence-electron chi connectivity index (χ0n) is 20.0. The molecule has 0 spiro atoms. The van der Waals surface area contributed by atoms with Crippen LogP contribution in [0.2, 0.25) is 0 Å². The van der Waals surface area contributed by atoms with Crippen molar-refractivity contribution >= 4 is 22.8 Å². The molecule has 5 rings (SSSR count). The molecule has 1 atom stereocenters. The Morgan fingerprint density at radius 2 is 1.80 bits per heavy atom. The van der Waals surface area contributed by atoms with Gasteiger partial charge in [0, 0.05) is 26.2 Å². The van der Waals surface area contributed by atoms with Crippen molar-refractivity contribution in [2.24, 2.45) is 13.0 Å². The topological polar surface area (TPSA) is 83.5 Å². The van der Waals surface area contributed by atoms with Crippen molar-refractivity contribution in [2.45, 2.75) is 20.0 Å². The molecule has 0 aliphatic carbocycles. The van der Waals surface area contributed by atoms with Crippen molar-refractivity contribution in [3.8, 4) is 11.5 Å². The van der Waals surface area contributed by atoms with Crippen LogP contribution in [-0.4, -0.2) is 39.4 Å². The smallest absolute Gasteiger partial charge is 0.332 e. The summed E-state index contributed by atoms with van der Waals surface area (Å²) in [5, 5.41) is 0. The van der Waals surface area contributed by atoms with Crippen molar-refractivity contribution in [3.63, 3.8) is 0 Å². The number of ether oxygens (including phenoxy) is 2. The molecule has 0 saturated carbocycles. The fourth-order valence-corrected chi connectivity index (χ4v) is 4.63. The van der Waals surface area contributed by atoms with Crippen LogP contribution in [0.5, 0.6) is 11.5 Å². The van der Waals surface area contributed by atoms with Gasteiger partial charge in [0.05, 0.1) is 26.5 Å². The Kier molecular flexibility index (Phi) is 5.58. The Balaban J connectivity index is 1.70. The number of methoxy groups -OCH3 is 2. The monoisotopic (exact) mass is 479 g/mol. The van der Waals surface area contributed by atoms with E-state index in [0.29, 0.717) is 47.3 Å². The first-order chi connectivity index (χ1) is 16.8. The molecule has 35 heavy (non-hydrogen) atoms. The molecular formula is C25H26FN5O4. The summed E-state index contributed by atoms with van der Waals surface area (Å²) in [6, 6.07) is 11.3. The van der Waals surface area contributed by atoms with Gasteiger partial charge < -0.3 is 18.9 Å². The Labute approximate surface area is 200 Å². The number of hydrogen-bond acceptors (Lipinski definition) is 6. The molecule has 182 valence electrons. The number of aryl methyl sites for hydroxylation is 1. The Morgan fingerprint density at radius 1 is 1.06 bits per heavy atom. The maximum atomic E-state index is 13.6. The van der Waals surface area contributed by atoms with Crippen LogP contribution in [-0.2, 0) is 20.1 Å². The molecule has 2 aromatic heterocycles. The van der Waals surface area contributed by atoms with Gasteiger partial charge in [-0.3, -0.25) is 13.9 Å². The first-order valence-electron chi connectivity index (χ1n) is 11.3. The predicted octanol–water partition coefficient (Wildman–Crippen LogP) is 2.89. The highest BCUT2D eigenvalue weighted by Gasteiger charge is 2.31. The number of aromatic nitrogens is 4. The third-order valence-corrected chi connectivity index (χ3v) is 6.37. The number of anilines is 2. The first kappa shape index (κ1) is 22.7. The van der Waals surface area contributed by atoms with Crippen molar-refractivity contribution in [2.75, 3.05) is 25.7 Å². The lowest BCUT2D eigenvalue weighted by Gasteiger charge is -2.33. The van der Waals surface area contributed by atoms with Gasteiger partial charge in [0.25, 0.3) is 5.56 Å². The largest absolute Gasteiger partial charge is 0.497 e. The maximum Gasteiger partial charge on any atom is 0.332 e. The van der Waals surface area contributed by atoms with Gasteiger partial charge in [-0.25, -0.2) is 9.18 Å². The molecule has 4 aromatic rings. The number of fused-ring (bicyclic) bond motifs is 3. The zero-order chi connectivity index (χ0) is 24.9. The summed E-state index contributed by atoms with van der Waals surface area (Å²) in [7, 11) is 4.78. The molecular weight excluding hydrogens is 453 g/mol. The molecule has 9 nitrogen and oxygen atoms in total. The Morgan fingerprint density at radius 3 is 2.49 bits per heavy atom. The van der Waals surface area contributed by atoms with E-state index in [0.717, 1.165) is 5.69 Å². The third kappa shape index (κ3) is 3.74. The lowest BCUT2D eigenvalue weighted by molar-refractivity contribution is 0.392. The van der Waals surface area contributed by atoms with Crippen LogP contribution in [0.4, 0.5) is 16.0 Å². The molecule has 2 aromatic carbocycles. The second kappa shape index (κ2) is 8.61. The van der Waals surface area contributed by atoms with E-state index >= 15 is 0 Å². The van der Waals surface area contributed by atoms with Gasteiger partial charge >= 0.3 is 5.69 Å². The van der Waals surface area contributed by atoms with Gasteiger partial charge in [0.2, 0.25) is 5.95 Å². The molecule has 1 aliphatic heterocycles. The number of halogens is 1. The van der Waals surface area contributed by atoms with E-state index in [-0.39, 0.29) is 18.3 Å². The number of rotatable bonds is 5. The molecule has 0 fully saturated rings.